The highest BCUT2D eigenvalue weighted by Crippen LogP contribution is 2.38. The molecule has 0 aliphatic rings. The number of hydrogen-bond donors (Lipinski definition) is 0. The predicted octanol–water partition coefficient (Wildman–Crippen LogP) is 4.67. The fraction of sp³-hybridized carbons (Fsp3) is 0.333. The monoisotopic (exact) mass is 270 g/mol. The first-order chi connectivity index (χ1) is 9.47. The van der Waals surface area contributed by atoms with Crippen LogP contribution in [0.15, 0.2) is 42.5 Å². The Morgan fingerprint density at radius 3 is 2.10 bits per heavy atom. The van der Waals surface area contributed by atoms with Gasteiger partial charge in [-0.05, 0) is 28.7 Å². The van der Waals surface area contributed by atoms with Crippen molar-refractivity contribution in [2.45, 2.75) is 26.2 Å². The van der Waals surface area contributed by atoms with Gasteiger partial charge in [0.05, 0.1) is 14.2 Å². The van der Waals surface area contributed by atoms with E-state index in [1.165, 1.54) is 11.1 Å². The van der Waals surface area contributed by atoms with Crippen molar-refractivity contribution in [2.75, 3.05) is 14.2 Å². The standard InChI is InChI=1S/C18H22O2/c1-18(2,3)16-9-7-6-8-14(16)15-11-10-13(19-4)12-17(15)20-5/h6-12H,1-5H3. The van der Waals surface area contributed by atoms with Crippen LogP contribution in [0.25, 0.3) is 11.1 Å². The SMILES string of the molecule is COc1ccc(-c2ccccc2C(C)(C)C)c(OC)c1. The molecule has 0 aliphatic heterocycles. The highest BCUT2D eigenvalue weighted by molar-refractivity contribution is 5.75. The molecular formula is C18H22O2. The Hall–Kier alpha value is -1.96. The van der Waals surface area contributed by atoms with Crippen LogP contribution in [-0.4, -0.2) is 14.2 Å². The number of hydrogen-bond acceptors (Lipinski definition) is 2. The minimum absolute atomic E-state index is 0.0849. The van der Waals surface area contributed by atoms with E-state index in [4.69, 9.17) is 9.47 Å². The Kier molecular flexibility index (Phi) is 4.03. The lowest BCUT2D eigenvalue weighted by atomic mass is 9.81. The molecule has 0 radical (unpaired) electrons. The summed E-state index contributed by atoms with van der Waals surface area (Å²) in [6, 6.07) is 14.4. The first-order valence-electron chi connectivity index (χ1n) is 6.79. The molecule has 2 nitrogen and oxygen atoms in total. The summed E-state index contributed by atoms with van der Waals surface area (Å²) in [4.78, 5) is 0. The van der Waals surface area contributed by atoms with E-state index in [0.717, 1.165) is 17.1 Å². The normalized spacial score (nSPS) is 11.2. The van der Waals surface area contributed by atoms with Crippen molar-refractivity contribution in [2.24, 2.45) is 0 Å². The number of rotatable bonds is 3. The highest BCUT2D eigenvalue weighted by atomic mass is 16.5. The smallest absolute Gasteiger partial charge is 0.130 e. The van der Waals surface area contributed by atoms with Gasteiger partial charge < -0.3 is 9.47 Å². The van der Waals surface area contributed by atoms with Gasteiger partial charge in [0.15, 0.2) is 0 Å². The number of ether oxygens (including phenoxy) is 2. The lowest BCUT2D eigenvalue weighted by Gasteiger charge is -2.24. The largest absolute Gasteiger partial charge is 0.497 e. The van der Waals surface area contributed by atoms with Crippen LogP contribution in [0.4, 0.5) is 0 Å². The zero-order valence-electron chi connectivity index (χ0n) is 12.9. The van der Waals surface area contributed by atoms with Gasteiger partial charge in [-0.1, -0.05) is 45.0 Å². The molecule has 2 aromatic carbocycles. The van der Waals surface area contributed by atoms with Crippen LogP contribution in [0.1, 0.15) is 26.3 Å². The fourth-order valence-corrected chi connectivity index (χ4v) is 2.39. The first kappa shape index (κ1) is 14.4. The molecule has 0 atom stereocenters. The van der Waals surface area contributed by atoms with Crippen LogP contribution in [0.3, 0.4) is 0 Å². The van der Waals surface area contributed by atoms with Crippen LogP contribution in [0.2, 0.25) is 0 Å². The van der Waals surface area contributed by atoms with E-state index in [2.05, 4.69) is 51.1 Å². The first-order valence-corrected chi connectivity index (χ1v) is 6.79. The molecule has 0 saturated heterocycles. The minimum atomic E-state index is 0.0849. The third-order valence-corrected chi connectivity index (χ3v) is 3.43. The second-order valence-electron chi connectivity index (χ2n) is 5.86. The molecule has 0 spiro atoms. The fourth-order valence-electron chi connectivity index (χ4n) is 2.39. The molecular weight excluding hydrogens is 248 g/mol. The summed E-state index contributed by atoms with van der Waals surface area (Å²) in [5.74, 6) is 1.64. The number of benzene rings is 2. The lowest BCUT2D eigenvalue weighted by molar-refractivity contribution is 0.395. The van der Waals surface area contributed by atoms with Gasteiger partial charge in [-0.3, -0.25) is 0 Å². The molecule has 0 aliphatic carbocycles. The third-order valence-electron chi connectivity index (χ3n) is 3.43. The summed E-state index contributed by atoms with van der Waals surface area (Å²) >= 11 is 0. The van der Waals surface area contributed by atoms with Crippen LogP contribution in [0.5, 0.6) is 11.5 Å². The average molecular weight is 270 g/mol. The summed E-state index contributed by atoms with van der Waals surface area (Å²) in [5.41, 5.74) is 3.70. The van der Waals surface area contributed by atoms with E-state index in [1.807, 2.05) is 12.1 Å². The summed E-state index contributed by atoms with van der Waals surface area (Å²) in [6.07, 6.45) is 0. The van der Waals surface area contributed by atoms with Gasteiger partial charge in [0, 0.05) is 11.6 Å². The molecule has 2 aromatic rings. The van der Waals surface area contributed by atoms with Gasteiger partial charge in [-0.2, -0.15) is 0 Å². The van der Waals surface area contributed by atoms with E-state index in [9.17, 15) is 0 Å². The summed E-state index contributed by atoms with van der Waals surface area (Å²) < 4.78 is 10.8. The molecule has 0 heterocycles. The zero-order valence-corrected chi connectivity index (χ0v) is 12.9. The van der Waals surface area contributed by atoms with Crippen LogP contribution in [0, 0.1) is 0 Å². The third kappa shape index (κ3) is 2.79. The minimum Gasteiger partial charge on any atom is -0.497 e. The van der Waals surface area contributed by atoms with Gasteiger partial charge in [0.1, 0.15) is 11.5 Å². The molecule has 0 aromatic heterocycles. The second kappa shape index (κ2) is 5.58. The second-order valence-corrected chi connectivity index (χ2v) is 5.86. The van der Waals surface area contributed by atoms with Gasteiger partial charge in [-0.15, -0.1) is 0 Å². The topological polar surface area (TPSA) is 18.5 Å². The van der Waals surface area contributed by atoms with Crippen molar-refractivity contribution >= 4 is 0 Å². The summed E-state index contributed by atoms with van der Waals surface area (Å²) in [6.45, 7) is 6.67. The molecule has 20 heavy (non-hydrogen) atoms. The molecule has 0 fully saturated rings. The maximum Gasteiger partial charge on any atom is 0.130 e. The van der Waals surface area contributed by atoms with Gasteiger partial charge in [0.25, 0.3) is 0 Å². The van der Waals surface area contributed by atoms with Crippen molar-refractivity contribution in [3.63, 3.8) is 0 Å². The van der Waals surface area contributed by atoms with E-state index in [-0.39, 0.29) is 5.41 Å². The quantitative estimate of drug-likeness (QED) is 0.807. The van der Waals surface area contributed by atoms with Crippen LogP contribution >= 0.6 is 0 Å². The molecule has 2 rings (SSSR count). The zero-order chi connectivity index (χ0) is 14.8. The summed E-state index contributed by atoms with van der Waals surface area (Å²) in [7, 11) is 3.36. The van der Waals surface area contributed by atoms with Crippen molar-refractivity contribution in [3.05, 3.63) is 48.0 Å². The lowest BCUT2D eigenvalue weighted by Crippen LogP contribution is -2.12. The van der Waals surface area contributed by atoms with E-state index < -0.39 is 0 Å². The Morgan fingerprint density at radius 2 is 1.50 bits per heavy atom. The Morgan fingerprint density at radius 1 is 0.800 bits per heavy atom. The Balaban J connectivity index is 2.63. The number of methoxy groups -OCH3 is 2. The molecule has 0 unspecified atom stereocenters. The maximum atomic E-state index is 5.53. The molecule has 2 heteroatoms. The van der Waals surface area contributed by atoms with E-state index in [1.54, 1.807) is 14.2 Å². The average Bonchev–Trinajstić information content (AvgIpc) is 2.45. The van der Waals surface area contributed by atoms with E-state index in [0.29, 0.717) is 0 Å². The molecule has 0 saturated carbocycles. The van der Waals surface area contributed by atoms with Gasteiger partial charge >= 0.3 is 0 Å². The summed E-state index contributed by atoms with van der Waals surface area (Å²) in [5, 5.41) is 0. The van der Waals surface area contributed by atoms with Crippen molar-refractivity contribution < 1.29 is 9.47 Å². The molecule has 0 amide bonds. The van der Waals surface area contributed by atoms with Gasteiger partial charge in [0.2, 0.25) is 0 Å². The van der Waals surface area contributed by atoms with E-state index >= 15 is 0 Å². The highest BCUT2D eigenvalue weighted by Gasteiger charge is 2.20. The molecule has 0 bridgehead atoms. The Bertz CT molecular complexity index is 595. The van der Waals surface area contributed by atoms with Crippen molar-refractivity contribution in [1.29, 1.82) is 0 Å². The predicted molar refractivity (Wildman–Crippen MR) is 83.7 cm³/mol. The van der Waals surface area contributed by atoms with Gasteiger partial charge in [-0.25, -0.2) is 0 Å². The maximum absolute atomic E-state index is 5.53. The van der Waals surface area contributed by atoms with Crippen LogP contribution < -0.4 is 9.47 Å². The Labute approximate surface area is 121 Å². The van der Waals surface area contributed by atoms with Crippen molar-refractivity contribution in [3.8, 4) is 22.6 Å². The van der Waals surface area contributed by atoms with Crippen molar-refractivity contribution in [1.82, 2.24) is 0 Å². The molecule has 106 valence electrons. The molecule has 0 N–H and O–H groups in total. The van der Waals surface area contributed by atoms with Crippen LogP contribution in [-0.2, 0) is 5.41 Å².